The lowest BCUT2D eigenvalue weighted by Gasteiger charge is -2.15. The molecule has 4 heterocycles. The van der Waals surface area contributed by atoms with E-state index in [9.17, 15) is 4.79 Å². The molecule has 1 saturated heterocycles. The van der Waals surface area contributed by atoms with Crippen LogP contribution in [-0.4, -0.2) is 44.6 Å². The van der Waals surface area contributed by atoms with Gasteiger partial charge in [-0.1, -0.05) is 11.8 Å². The highest BCUT2D eigenvalue weighted by Crippen LogP contribution is 2.35. The number of thioether (sulfide) groups is 1. The largest absolute Gasteiger partial charge is 0.497 e. The number of ether oxygens (including phenoxy) is 2. The zero-order chi connectivity index (χ0) is 23.1. The number of aromatic amines is 1. The molecule has 1 aliphatic heterocycles. The lowest BCUT2D eigenvalue weighted by atomic mass is 10.2. The predicted octanol–water partition coefficient (Wildman–Crippen LogP) is 4.21. The van der Waals surface area contributed by atoms with Crippen molar-refractivity contribution in [2.24, 2.45) is 0 Å². The van der Waals surface area contributed by atoms with Crippen molar-refractivity contribution in [3.63, 3.8) is 0 Å². The molecular weight excluding hydrogens is 470 g/mol. The number of rotatable bonds is 7. The van der Waals surface area contributed by atoms with Crippen LogP contribution in [0.5, 0.6) is 5.75 Å². The Morgan fingerprint density at radius 3 is 2.91 bits per heavy atom. The number of aryl methyl sites for hydroxylation is 2. The van der Waals surface area contributed by atoms with Gasteiger partial charge in [0.15, 0.2) is 11.0 Å². The SMILES string of the molecule is COc1ccc(-c2nnc(SCc3nc4sc5c(c4c(=O)[nH]3)CCC5)n2CC2CCCO2)cc1. The first-order valence-corrected chi connectivity index (χ1v) is 13.4. The molecule has 0 bridgehead atoms. The van der Waals surface area contributed by atoms with Crippen LogP contribution in [0.4, 0.5) is 0 Å². The van der Waals surface area contributed by atoms with Gasteiger partial charge in [-0.2, -0.15) is 0 Å². The quantitative estimate of drug-likeness (QED) is 0.384. The van der Waals surface area contributed by atoms with E-state index in [1.807, 2.05) is 24.3 Å². The molecule has 176 valence electrons. The van der Waals surface area contributed by atoms with Gasteiger partial charge in [0, 0.05) is 17.0 Å². The van der Waals surface area contributed by atoms with Gasteiger partial charge in [-0.3, -0.25) is 9.36 Å². The summed E-state index contributed by atoms with van der Waals surface area (Å²) >= 11 is 3.20. The fourth-order valence-electron chi connectivity index (χ4n) is 4.75. The highest BCUT2D eigenvalue weighted by Gasteiger charge is 2.23. The van der Waals surface area contributed by atoms with E-state index in [1.165, 1.54) is 22.2 Å². The maximum Gasteiger partial charge on any atom is 0.259 e. The normalized spacial score (nSPS) is 17.5. The van der Waals surface area contributed by atoms with Crippen molar-refractivity contribution in [3.05, 3.63) is 50.9 Å². The molecule has 1 aromatic carbocycles. The number of benzene rings is 1. The molecule has 1 atom stereocenters. The Morgan fingerprint density at radius 2 is 2.12 bits per heavy atom. The molecule has 1 unspecified atom stereocenters. The average Bonchev–Trinajstić information content (AvgIpc) is 3.63. The van der Waals surface area contributed by atoms with E-state index in [0.717, 1.165) is 71.2 Å². The molecule has 1 fully saturated rings. The van der Waals surface area contributed by atoms with E-state index < -0.39 is 0 Å². The molecular formula is C24H25N5O3S2. The van der Waals surface area contributed by atoms with E-state index in [1.54, 1.807) is 18.4 Å². The Kier molecular flexibility index (Phi) is 5.88. The van der Waals surface area contributed by atoms with Crippen molar-refractivity contribution >= 4 is 33.3 Å². The van der Waals surface area contributed by atoms with Crippen LogP contribution in [0, 0.1) is 0 Å². The number of aromatic nitrogens is 5. The van der Waals surface area contributed by atoms with Gasteiger partial charge in [0.05, 0.1) is 30.9 Å². The predicted molar refractivity (Wildman–Crippen MR) is 133 cm³/mol. The number of H-pyrrole nitrogens is 1. The molecule has 10 heteroatoms. The first-order valence-electron chi connectivity index (χ1n) is 11.5. The summed E-state index contributed by atoms with van der Waals surface area (Å²) in [6.45, 7) is 1.49. The van der Waals surface area contributed by atoms with Crippen LogP contribution >= 0.6 is 23.1 Å². The van der Waals surface area contributed by atoms with Crippen molar-refractivity contribution in [2.75, 3.05) is 13.7 Å². The fourth-order valence-corrected chi connectivity index (χ4v) is 6.85. The van der Waals surface area contributed by atoms with E-state index in [4.69, 9.17) is 14.5 Å². The minimum atomic E-state index is -0.0280. The number of methoxy groups -OCH3 is 1. The fraction of sp³-hybridized carbons (Fsp3) is 0.417. The standard InChI is InChI=1S/C24H25N5O3S2/c1-31-15-9-7-14(8-10-15)21-27-28-24(29(21)12-16-4-3-11-32-16)33-13-19-25-22(30)20-17-5-2-6-18(17)34-23(20)26-19/h7-10,16H,2-6,11-13H2,1H3,(H,25,26,30). The molecule has 1 aliphatic carbocycles. The van der Waals surface area contributed by atoms with Crippen molar-refractivity contribution in [1.29, 1.82) is 0 Å². The van der Waals surface area contributed by atoms with Crippen LogP contribution in [-0.2, 0) is 29.9 Å². The summed E-state index contributed by atoms with van der Waals surface area (Å²) in [5.74, 6) is 2.78. The van der Waals surface area contributed by atoms with Crippen LogP contribution in [0.1, 0.15) is 35.5 Å². The van der Waals surface area contributed by atoms with Crippen molar-refractivity contribution < 1.29 is 9.47 Å². The van der Waals surface area contributed by atoms with Gasteiger partial charge in [0.2, 0.25) is 0 Å². The summed E-state index contributed by atoms with van der Waals surface area (Å²) in [5, 5.41) is 10.6. The number of hydrogen-bond donors (Lipinski definition) is 1. The van der Waals surface area contributed by atoms with Gasteiger partial charge in [-0.15, -0.1) is 21.5 Å². The first kappa shape index (κ1) is 21.8. The molecule has 8 nitrogen and oxygen atoms in total. The summed E-state index contributed by atoms with van der Waals surface area (Å²) in [7, 11) is 1.66. The number of hydrogen-bond acceptors (Lipinski definition) is 8. The van der Waals surface area contributed by atoms with Gasteiger partial charge in [0.1, 0.15) is 16.4 Å². The van der Waals surface area contributed by atoms with E-state index in [2.05, 4.69) is 19.7 Å². The third-order valence-electron chi connectivity index (χ3n) is 6.44. The monoisotopic (exact) mass is 495 g/mol. The van der Waals surface area contributed by atoms with Gasteiger partial charge in [0.25, 0.3) is 5.56 Å². The molecule has 2 aliphatic rings. The minimum Gasteiger partial charge on any atom is -0.497 e. The third kappa shape index (κ3) is 4.03. The molecule has 0 amide bonds. The number of nitrogens with zero attached hydrogens (tertiary/aromatic N) is 4. The smallest absolute Gasteiger partial charge is 0.259 e. The number of fused-ring (bicyclic) bond motifs is 3. The summed E-state index contributed by atoms with van der Waals surface area (Å²) in [6, 6.07) is 7.84. The lowest BCUT2D eigenvalue weighted by Crippen LogP contribution is -2.17. The molecule has 0 radical (unpaired) electrons. The number of nitrogens with one attached hydrogen (secondary N) is 1. The van der Waals surface area contributed by atoms with Crippen molar-refractivity contribution in [1.82, 2.24) is 24.7 Å². The Hall–Kier alpha value is -2.69. The Morgan fingerprint density at radius 1 is 1.24 bits per heavy atom. The second-order valence-corrected chi connectivity index (χ2v) is 10.6. The van der Waals surface area contributed by atoms with Crippen molar-refractivity contribution in [2.45, 2.75) is 55.7 Å². The summed E-state index contributed by atoms with van der Waals surface area (Å²) in [4.78, 5) is 22.8. The van der Waals surface area contributed by atoms with Crippen LogP contribution in [0.15, 0.2) is 34.2 Å². The van der Waals surface area contributed by atoms with Crippen LogP contribution in [0.25, 0.3) is 21.6 Å². The minimum absolute atomic E-state index is 0.0280. The van der Waals surface area contributed by atoms with E-state index in [-0.39, 0.29) is 11.7 Å². The second kappa shape index (κ2) is 9.16. The van der Waals surface area contributed by atoms with Gasteiger partial charge >= 0.3 is 0 Å². The second-order valence-electron chi connectivity index (χ2n) is 8.62. The van der Waals surface area contributed by atoms with Gasteiger partial charge in [-0.25, -0.2) is 4.98 Å². The summed E-state index contributed by atoms with van der Waals surface area (Å²) in [6.07, 6.45) is 5.41. The lowest BCUT2D eigenvalue weighted by molar-refractivity contribution is 0.0953. The average molecular weight is 496 g/mol. The van der Waals surface area contributed by atoms with Crippen LogP contribution in [0.3, 0.4) is 0 Å². The zero-order valence-corrected chi connectivity index (χ0v) is 20.5. The molecule has 4 aromatic rings. The summed E-state index contributed by atoms with van der Waals surface area (Å²) in [5.41, 5.74) is 2.15. The molecule has 6 rings (SSSR count). The first-order chi connectivity index (χ1) is 16.7. The van der Waals surface area contributed by atoms with E-state index in [0.29, 0.717) is 18.1 Å². The Labute approximate surface area is 204 Å². The highest BCUT2D eigenvalue weighted by atomic mass is 32.2. The van der Waals surface area contributed by atoms with Crippen LogP contribution < -0.4 is 10.3 Å². The Bertz CT molecular complexity index is 1390. The van der Waals surface area contributed by atoms with Crippen molar-refractivity contribution in [3.8, 4) is 17.1 Å². The maximum atomic E-state index is 12.8. The van der Waals surface area contributed by atoms with Gasteiger partial charge < -0.3 is 14.5 Å². The topological polar surface area (TPSA) is 94.9 Å². The molecule has 34 heavy (non-hydrogen) atoms. The third-order valence-corrected chi connectivity index (χ3v) is 8.60. The molecule has 1 N–H and O–H groups in total. The summed E-state index contributed by atoms with van der Waals surface area (Å²) < 4.78 is 13.3. The van der Waals surface area contributed by atoms with Crippen LogP contribution in [0.2, 0.25) is 0 Å². The van der Waals surface area contributed by atoms with Gasteiger partial charge in [-0.05, 0) is 61.9 Å². The van der Waals surface area contributed by atoms with E-state index >= 15 is 0 Å². The number of thiophene rings is 1. The molecule has 0 spiro atoms. The zero-order valence-electron chi connectivity index (χ0n) is 18.9. The maximum absolute atomic E-state index is 12.8. The Balaban J connectivity index is 1.29. The molecule has 0 saturated carbocycles. The molecule has 3 aromatic heterocycles. The highest BCUT2D eigenvalue weighted by molar-refractivity contribution is 7.98.